The molecule has 43 heteroatoms. The molecular formula is C98H89F4I3N21O15-. The van der Waals surface area contributed by atoms with Gasteiger partial charge < -0.3 is 95.9 Å². The van der Waals surface area contributed by atoms with Crippen LogP contribution < -0.4 is 30.0 Å². The molecule has 10 heterocycles. The van der Waals surface area contributed by atoms with Crippen molar-refractivity contribution in [1.29, 1.82) is 0 Å². The molecule has 4 saturated heterocycles. The predicted octanol–water partition coefficient (Wildman–Crippen LogP) is 8.39. The van der Waals surface area contributed by atoms with Crippen LogP contribution in [0.15, 0.2) is 230 Å². The molecule has 8 aromatic carbocycles. The number of aryl methyl sites for hydroxylation is 1. The van der Waals surface area contributed by atoms with Crippen LogP contribution in [-0.2, 0) is 24.0 Å². The number of carbonyl (C=O) groups excluding carboxylic acids is 13. The maximum atomic E-state index is 14.9. The van der Waals surface area contributed by atoms with Gasteiger partial charge in [-0.3, -0.25) is 62.3 Å². The van der Waals surface area contributed by atoms with Crippen molar-refractivity contribution in [3.05, 3.63) is 310 Å². The average molecular weight is 2260 g/mol. The van der Waals surface area contributed by atoms with Crippen LogP contribution in [0, 0.1) is 30.2 Å². The number of oxime groups is 2. The Hall–Kier alpha value is -15.6. The van der Waals surface area contributed by atoms with Gasteiger partial charge in [-0.15, -0.1) is 0 Å². The van der Waals surface area contributed by atoms with E-state index in [9.17, 15) is 79.9 Å². The number of amides is 9. The van der Waals surface area contributed by atoms with Crippen molar-refractivity contribution >= 4 is 169 Å². The van der Waals surface area contributed by atoms with Gasteiger partial charge in [-0.05, 0) is 117 Å². The normalized spacial score (nSPS) is 14.0. The molecule has 726 valence electrons. The van der Waals surface area contributed by atoms with E-state index in [0.717, 1.165) is 17.8 Å². The fraction of sp³-hybridized carbons (Fsp3) is 0.194. The van der Waals surface area contributed by atoms with E-state index in [0.29, 0.717) is 95.5 Å². The number of nitrogens with zero attached hydrogens (tertiary/aromatic N) is 12. The van der Waals surface area contributed by atoms with Crippen LogP contribution >= 0.6 is 37.2 Å². The Morgan fingerprint density at radius 1 is 0.397 bits per heavy atom. The number of halogens is 7. The maximum Gasteiger partial charge on any atom is 0.295 e. The van der Waals surface area contributed by atoms with Crippen molar-refractivity contribution in [1.82, 2.24) is 84.4 Å². The number of ketones is 4. The summed E-state index contributed by atoms with van der Waals surface area (Å²) in [6.07, 6.45) is 11.1. The van der Waals surface area contributed by atoms with E-state index in [1.54, 1.807) is 142 Å². The average Bonchev–Trinajstić information content (AvgIpc) is 1.63. The SMILES string of the molecule is C/C=C/O/N=C(\N)c1ccc(F)c2c(C(=O)C(=O)N3CCN(C(=O)c4ccccc4)CC3)c[nH]c12.CNC(=O)c1cnc(-c2ccc(F)c3c(C(=O)C(=O)N4CCN(C(=O)c5ccccc5)CC4)c[nH]c23)[nH]1.Cc1cnc(-c2ccc(F)c3c(C(=O)C(=O)N4CCN(C(=O)c5ccccc5)CC4)c[nH]c23)[nH]1.I[I-]I.N/C(=N\O)c1ccc(F)c2c(C(=O)C(=O)N3CCN(C(=O)c4ccccc4)CC3)c[nH]c12. The number of piperazine rings is 4. The summed E-state index contributed by atoms with van der Waals surface area (Å²) in [5.74, 6) is -9.41. The van der Waals surface area contributed by atoms with Crippen LogP contribution in [0.4, 0.5) is 17.6 Å². The second-order valence-corrected chi connectivity index (χ2v) is 48.3. The number of rotatable bonds is 19. The van der Waals surface area contributed by atoms with E-state index in [-0.39, 0.29) is 191 Å². The van der Waals surface area contributed by atoms with Crippen LogP contribution in [0.25, 0.3) is 66.4 Å². The summed E-state index contributed by atoms with van der Waals surface area (Å²) >= 11 is 5.30. The van der Waals surface area contributed by atoms with Crippen molar-refractivity contribution in [2.45, 2.75) is 13.8 Å². The molecule has 4 aliphatic rings. The van der Waals surface area contributed by atoms with E-state index in [4.69, 9.17) is 21.5 Å². The zero-order valence-electron chi connectivity index (χ0n) is 75.4. The third-order valence-corrected chi connectivity index (χ3v) is 23.7. The van der Waals surface area contributed by atoms with E-state index >= 15 is 0 Å². The number of aromatic amines is 6. The van der Waals surface area contributed by atoms with Crippen LogP contribution in [0.3, 0.4) is 0 Å². The molecule has 0 aliphatic carbocycles. The van der Waals surface area contributed by atoms with E-state index < -0.39 is 70.0 Å². The largest absolute Gasteiger partial charge is 0.409 e. The quantitative estimate of drug-likeness (QED) is 0.00418. The molecule has 0 bridgehead atoms. The molecule has 4 aliphatic heterocycles. The summed E-state index contributed by atoms with van der Waals surface area (Å²) < 4.78 is 58.9. The Labute approximate surface area is 829 Å². The van der Waals surface area contributed by atoms with E-state index in [1.165, 1.54) is 94.2 Å². The van der Waals surface area contributed by atoms with Crippen LogP contribution in [0.1, 0.15) is 117 Å². The van der Waals surface area contributed by atoms with Gasteiger partial charge in [-0.1, -0.05) is 83.1 Å². The number of imidazole rings is 2. The second-order valence-electron chi connectivity index (χ2n) is 32.0. The fourth-order valence-electron chi connectivity index (χ4n) is 16.4. The van der Waals surface area contributed by atoms with Gasteiger partial charge in [0.25, 0.3) is 76.3 Å². The number of hydrogen-bond acceptors (Lipinski definition) is 19. The number of carbonyl (C=O) groups is 13. The molecule has 0 unspecified atom stereocenters. The Balaban J connectivity index is 0.000000148. The van der Waals surface area contributed by atoms with Crippen molar-refractivity contribution in [3.63, 3.8) is 0 Å². The van der Waals surface area contributed by atoms with Gasteiger partial charge in [0, 0.05) is 214 Å². The molecule has 0 atom stereocenters. The Morgan fingerprint density at radius 2 is 0.674 bits per heavy atom. The van der Waals surface area contributed by atoms with Gasteiger partial charge in [0.2, 0.25) is 0 Å². The second kappa shape index (κ2) is 46.3. The minimum Gasteiger partial charge on any atom is -0.409 e. The Morgan fingerprint density at radius 3 is 0.965 bits per heavy atom. The van der Waals surface area contributed by atoms with Crippen LogP contribution in [0.5, 0.6) is 0 Å². The molecule has 141 heavy (non-hydrogen) atoms. The molecular weight excluding hydrogens is 2170 g/mol. The Kier molecular flexibility index (Phi) is 33.3. The molecule has 12 N–H and O–H groups in total. The van der Waals surface area contributed by atoms with Crippen LogP contribution in [0.2, 0.25) is 0 Å². The zero-order valence-corrected chi connectivity index (χ0v) is 81.9. The first-order chi connectivity index (χ1) is 68.1. The number of aromatic nitrogens is 8. The van der Waals surface area contributed by atoms with Crippen molar-refractivity contribution in [2.75, 3.05) is 112 Å². The Bertz CT molecular complexity index is 7200. The van der Waals surface area contributed by atoms with Gasteiger partial charge in [0.1, 0.15) is 46.9 Å². The molecule has 0 saturated carbocycles. The summed E-state index contributed by atoms with van der Waals surface area (Å²) in [5, 5.41) is 17.9. The van der Waals surface area contributed by atoms with Crippen molar-refractivity contribution < 1.29 is 103 Å². The summed E-state index contributed by atoms with van der Waals surface area (Å²) in [6.45, 7) is 7.52. The molecule has 6 aromatic heterocycles. The summed E-state index contributed by atoms with van der Waals surface area (Å²) in [6, 6.07) is 45.9. The molecule has 36 nitrogen and oxygen atoms in total. The minimum atomic E-state index is -0.880. The van der Waals surface area contributed by atoms with Crippen LogP contribution in [-0.4, -0.2) is 284 Å². The van der Waals surface area contributed by atoms with E-state index in [1.807, 2.05) is 31.2 Å². The number of H-pyrrole nitrogens is 6. The van der Waals surface area contributed by atoms with Gasteiger partial charge in [-0.25, -0.2) is 27.5 Å². The number of Topliss-reactive ketones (excluding diaryl/α,β-unsaturated/α-hetero) is 4. The first-order valence-corrected chi connectivity index (χ1v) is 56.3. The third kappa shape index (κ3) is 22.6. The van der Waals surface area contributed by atoms with Gasteiger partial charge in [0.05, 0.1) is 50.5 Å². The summed E-state index contributed by atoms with van der Waals surface area (Å²) in [4.78, 5) is 209. The maximum absolute atomic E-state index is 14.9. The number of benzene rings is 8. The predicted molar refractivity (Wildman–Crippen MR) is 527 cm³/mol. The molecule has 18 rings (SSSR count). The van der Waals surface area contributed by atoms with Gasteiger partial charge in [0.15, 0.2) is 11.7 Å². The fourth-order valence-corrected chi connectivity index (χ4v) is 16.4. The number of nitrogens with two attached hydrogens (primary N) is 2. The summed E-state index contributed by atoms with van der Waals surface area (Å²) in [7, 11) is 1.49. The number of fused-ring (bicyclic) bond motifs is 4. The van der Waals surface area contributed by atoms with Gasteiger partial charge >= 0.3 is 50.5 Å². The zero-order chi connectivity index (χ0) is 100. The smallest absolute Gasteiger partial charge is 0.295 e. The number of allylic oxidation sites excluding steroid dienone is 1. The number of amidine groups is 2. The van der Waals surface area contributed by atoms with Crippen molar-refractivity contribution in [2.24, 2.45) is 21.8 Å². The summed E-state index contributed by atoms with van der Waals surface area (Å²) in [5.41, 5.74) is 17.1. The number of hydrogen-bond donors (Lipinski definition) is 10. The van der Waals surface area contributed by atoms with Gasteiger partial charge in [-0.2, -0.15) is 0 Å². The molecule has 9 amide bonds. The molecule has 0 spiro atoms. The standard InChI is InChI=1S/C26H23FN6O4.C25H24FN5O4.C25H22FN5O3.C22H20FN5O4.I3/c1-28-24(35)19-14-30-23(31-19)16-7-8-18(27)20-17(13-29-21(16)20)22(34)26(37)33-11-9-32(10-12-33)25(36)15-5-3-2-4-6-15;1-2-14-35-29-23(27)17-8-9-19(26)20-18(15-28-21(17)20)22(32)25(34)31-12-10-30(11-13-31)24(33)16-6-4-3-5-7-16;1-15-13-28-23(29-15)17-7-8-19(26)20-18(14-27-21(17)20)22(32)25(34)31-11-9-30(10-12-31)24(33)16-5-3-2-4-6-16;23-16-7-6-14(20(24)26-32)18-17(16)15(12-25-18)19(29)22(31)28-10-8-27(9-11-28)21(30)13-4-2-1-3-5-13;1-3-2/h2-8,13-14,29H,9-12H2,1H3,(H,28,35)(H,30,31);2-9,14-15,28H,10-13H2,1H3,(H2,27,29);2-8,13-14,27H,9-12H2,1H3,(H,28,29);1-7,12,25,32H,8-11H2,(H2,24,26);/q;;;;-1/b;14-2+;;;. The monoisotopic (exact) mass is 2260 g/mol. The molecule has 4 fully saturated rings. The first kappa shape index (κ1) is 101. The topological polar surface area (TPSA) is 487 Å². The van der Waals surface area contributed by atoms with Crippen molar-refractivity contribution in [3.8, 4) is 22.8 Å². The minimum absolute atomic E-state index is 0.0228. The molecule has 0 radical (unpaired) electrons. The first-order valence-electron chi connectivity index (χ1n) is 43.7. The number of nitrogens with one attached hydrogen (secondary N) is 7. The molecule has 14 aromatic rings. The third-order valence-electron chi connectivity index (χ3n) is 23.7. The van der Waals surface area contributed by atoms with E-state index in [2.05, 4.69) is 92.7 Å².